The van der Waals surface area contributed by atoms with E-state index in [1.807, 2.05) is 23.1 Å². The van der Waals surface area contributed by atoms with Crippen molar-refractivity contribution in [3.8, 4) is 0 Å². The third-order valence-electron chi connectivity index (χ3n) is 4.88. The zero-order valence-corrected chi connectivity index (χ0v) is 18.0. The lowest BCUT2D eigenvalue weighted by Crippen LogP contribution is -2.20. The molecule has 0 unspecified atom stereocenters. The summed E-state index contributed by atoms with van der Waals surface area (Å²) < 4.78 is 23.3. The number of aromatic amines is 1. The van der Waals surface area contributed by atoms with Gasteiger partial charge in [0.05, 0.1) is 22.3 Å². The van der Waals surface area contributed by atoms with E-state index >= 15 is 0 Å². The lowest BCUT2D eigenvalue weighted by atomic mass is 10.2. The number of rotatable bonds is 9. The molecule has 11 heteroatoms. The Labute approximate surface area is 185 Å². The first-order valence-corrected chi connectivity index (χ1v) is 11.5. The number of primary sulfonamides is 1. The minimum atomic E-state index is -3.82. The first-order chi connectivity index (χ1) is 15.5. The van der Waals surface area contributed by atoms with Gasteiger partial charge in [-0.05, 0) is 49.2 Å². The quantitative estimate of drug-likeness (QED) is 0.282. The molecule has 0 aliphatic rings. The number of aliphatic hydroxyl groups is 1. The van der Waals surface area contributed by atoms with E-state index in [9.17, 15) is 13.5 Å². The van der Waals surface area contributed by atoms with Crippen molar-refractivity contribution in [2.75, 3.05) is 23.4 Å². The van der Waals surface area contributed by atoms with Crippen molar-refractivity contribution < 1.29 is 13.5 Å². The molecule has 0 aliphatic heterocycles. The molecule has 0 spiro atoms. The van der Waals surface area contributed by atoms with Crippen LogP contribution in [0.3, 0.4) is 0 Å². The van der Waals surface area contributed by atoms with Gasteiger partial charge < -0.3 is 15.3 Å². The van der Waals surface area contributed by atoms with Crippen LogP contribution < -0.4 is 15.4 Å². The fourth-order valence-corrected chi connectivity index (χ4v) is 3.93. The van der Waals surface area contributed by atoms with Crippen LogP contribution in [-0.4, -0.2) is 46.8 Å². The fourth-order valence-electron chi connectivity index (χ4n) is 3.37. The molecule has 4 rings (SSSR count). The standard InChI is InChI=1S/C21H23N7O3S/c22-32(30,31)16-6-3-5-15(13-16)25-21-23-10-9-20(26-21)28(11-1-2-12-29)19-8-4-7-18-17(19)14-24-27-18/h3-10,13-14,29H,1-2,11-12H2,(H,24,27)(H2,22,30,31)(H,23,25,26). The lowest BCUT2D eigenvalue weighted by Gasteiger charge is -2.25. The van der Waals surface area contributed by atoms with Crippen LogP contribution in [0.25, 0.3) is 10.9 Å². The van der Waals surface area contributed by atoms with Gasteiger partial charge in [0, 0.05) is 30.4 Å². The minimum Gasteiger partial charge on any atom is -0.396 e. The van der Waals surface area contributed by atoms with E-state index in [4.69, 9.17) is 5.14 Å². The monoisotopic (exact) mass is 453 g/mol. The fraction of sp³-hybridized carbons (Fsp3) is 0.190. The SMILES string of the molecule is NS(=O)(=O)c1cccc(Nc2nccc(N(CCCCO)c3cccc4[nH]ncc34)n2)c1. The third-order valence-corrected chi connectivity index (χ3v) is 5.79. The predicted octanol–water partition coefficient (Wildman–Crippen LogP) is 2.65. The number of nitrogens with one attached hydrogen (secondary N) is 2. The summed E-state index contributed by atoms with van der Waals surface area (Å²) >= 11 is 0. The molecule has 4 aromatic rings. The van der Waals surface area contributed by atoms with E-state index in [0.717, 1.165) is 23.0 Å². The number of hydrogen-bond acceptors (Lipinski definition) is 8. The topological polar surface area (TPSA) is 150 Å². The molecule has 2 aromatic heterocycles. The van der Waals surface area contributed by atoms with Crippen molar-refractivity contribution in [1.82, 2.24) is 20.2 Å². The van der Waals surface area contributed by atoms with Gasteiger partial charge in [-0.25, -0.2) is 18.5 Å². The molecule has 32 heavy (non-hydrogen) atoms. The van der Waals surface area contributed by atoms with Crippen molar-refractivity contribution in [2.45, 2.75) is 17.7 Å². The second kappa shape index (κ2) is 9.30. The second-order valence-electron chi connectivity index (χ2n) is 7.13. The van der Waals surface area contributed by atoms with Gasteiger partial charge in [-0.2, -0.15) is 10.1 Å². The zero-order valence-electron chi connectivity index (χ0n) is 17.1. The van der Waals surface area contributed by atoms with Gasteiger partial charge in [0.15, 0.2) is 0 Å². The summed E-state index contributed by atoms with van der Waals surface area (Å²) in [6, 6.07) is 13.8. The number of aromatic nitrogens is 4. The number of unbranched alkanes of at least 4 members (excludes halogenated alkanes) is 1. The highest BCUT2D eigenvalue weighted by atomic mass is 32.2. The number of sulfonamides is 1. The molecule has 2 aromatic carbocycles. The Bertz CT molecular complexity index is 1320. The highest BCUT2D eigenvalue weighted by molar-refractivity contribution is 7.89. The molecular weight excluding hydrogens is 430 g/mol. The summed E-state index contributed by atoms with van der Waals surface area (Å²) in [5, 5.41) is 25.5. The van der Waals surface area contributed by atoms with Crippen molar-refractivity contribution in [2.24, 2.45) is 5.14 Å². The smallest absolute Gasteiger partial charge is 0.238 e. The van der Waals surface area contributed by atoms with Gasteiger partial charge in [-0.15, -0.1) is 0 Å². The molecule has 5 N–H and O–H groups in total. The van der Waals surface area contributed by atoms with Crippen molar-refractivity contribution in [3.63, 3.8) is 0 Å². The van der Waals surface area contributed by atoms with Crippen LogP contribution in [0.4, 0.5) is 23.1 Å². The molecule has 0 saturated carbocycles. The van der Waals surface area contributed by atoms with Crippen molar-refractivity contribution in [1.29, 1.82) is 0 Å². The Morgan fingerprint density at radius 3 is 2.78 bits per heavy atom. The molecule has 0 saturated heterocycles. The van der Waals surface area contributed by atoms with Crippen LogP contribution >= 0.6 is 0 Å². The summed E-state index contributed by atoms with van der Waals surface area (Å²) in [5.74, 6) is 0.956. The molecule has 0 fully saturated rings. The zero-order chi connectivity index (χ0) is 22.6. The van der Waals surface area contributed by atoms with E-state index in [1.165, 1.54) is 12.1 Å². The first kappa shape index (κ1) is 21.7. The number of aliphatic hydroxyl groups excluding tert-OH is 1. The average Bonchev–Trinajstić information content (AvgIpc) is 3.26. The maximum Gasteiger partial charge on any atom is 0.238 e. The Hall–Kier alpha value is -3.54. The average molecular weight is 454 g/mol. The van der Waals surface area contributed by atoms with E-state index in [0.29, 0.717) is 30.4 Å². The molecular formula is C21H23N7O3S. The summed E-state index contributed by atoms with van der Waals surface area (Å²) in [4.78, 5) is 10.9. The van der Waals surface area contributed by atoms with Crippen molar-refractivity contribution >= 4 is 44.1 Å². The Morgan fingerprint density at radius 1 is 1.12 bits per heavy atom. The summed E-state index contributed by atoms with van der Waals surface area (Å²) in [5.41, 5.74) is 2.33. The number of nitrogens with two attached hydrogens (primary N) is 1. The summed E-state index contributed by atoms with van der Waals surface area (Å²) in [7, 11) is -3.82. The molecule has 0 radical (unpaired) electrons. The van der Waals surface area contributed by atoms with E-state index < -0.39 is 10.0 Å². The van der Waals surface area contributed by atoms with Gasteiger partial charge in [-0.3, -0.25) is 5.10 Å². The van der Waals surface area contributed by atoms with Gasteiger partial charge >= 0.3 is 0 Å². The van der Waals surface area contributed by atoms with Gasteiger partial charge in [0.2, 0.25) is 16.0 Å². The highest BCUT2D eigenvalue weighted by Gasteiger charge is 2.16. The van der Waals surface area contributed by atoms with E-state index in [-0.39, 0.29) is 11.5 Å². The van der Waals surface area contributed by atoms with Gasteiger partial charge in [-0.1, -0.05) is 12.1 Å². The van der Waals surface area contributed by atoms with Crippen LogP contribution in [-0.2, 0) is 10.0 Å². The van der Waals surface area contributed by atoms with E-state index in [2.05, 4.69) is 25.5 Å². The number of hydrogen-bond donors (Lipinski definition) is 4. The van der Waals surface area contributed by atoms with Crippen LogP contribution in [0.5, 0.6) is 0 Å². The number of anilines is 4. The normalized spacial score (nSPS) is 11.6. The Balaban J connectivity index is 1.67. The second-order valence-corrected chi connectivity index (χ2v) is 8.69. The van der Waals surface area contributed by atoms with Crippen LogP contribution in [0.1, 0.15) is 12.8 Å². The molecule has 0 atom stereocenters. The molecule has 0 amide bonds. The van der Waals surface area contributed by atoms with E-state index in [1.54, 1.807) is 30.6 Å². The maximum atomic E-state index is 11.6. The number of nitrogens with zero attached hydrogens (tertiary/aromatic N) is 4. The van der Waals surface area contributed by atoms with Crippen LogP contribution in [0, 0.1) is 0 Å². The van der Waals surface area contributed by atoms with Gasteiger partial charge in [0.1, 0.15) is 5.82 Å². The highest BCUT2D eigenvalue weighted by Crippen LogP contribution is 2.31. The number of benzene rings is 2. The molecule has 0 aliphatic carbocycles. The predicted molar refractivity (Wildman–Crippen MR) is 123 cm³/mol. The first-order valence-electron chi connectivity index (χ1n) is 9.99. The Kier molecular flexibility index (Phi) is 6.30. The molecule has 0 bridgehead atoms. The third kappa shape index (κ3) is 4.85. The van der Waals surface area contributed by atoms with Crippen LogP contribution in [0.2, 0.25) is 0 Å². The number of H-pyrrole nitrogens is 1. The number of fused-ring (bicyclic) bond motifs is 1. The lowest BCUT2D eigenvalue weighted by molar-refractivity contribution is 0.285. The largest absolute Gasteiger partial charge is 0.396 e. The maximum absolute atomic E-state index is 11.6. The molecule has 166 valence electrons. The minimum absolute atomic E-state index is 0.00378. The summed E-state index contributed by atoms with van der Waals surface area (Å²) in [6.07, 6.45) is 4.81. The van der Waals surface area contributed by atoms with Crippen molar-refractivity contribution in [3.05, 3.63) is 60.9 Å². The summed E-state index contributed by atoms with van der Waals surface area (Å²) in [6.45, 7) is 0.739. The van der Waals surface area contributed by atoms with Crippen LogP contribution in [0.15, 0.2) is 65.8 Å². The van der Waals surface area contributed by atoms with Gasteiger partial charge in [0.25, 0.3) is 0 Å². The molecule has 10 nitrogen and oxygen atoms in total. The Morgan fingerprint density at radius 2 is 1.97 bits per heavy atom. The molecule has 2 heterocycles.